The summed E-state index contributed by atoms with van der Waals surface area (Å²) in [4.78, 5) is 18.6. The third-order valence-electron chi connectivity index (χ3n) is 6.81. The molecule has 3 fully saturated rings. The second kappa shape index (κ2) is 6.99. The summed E-state index contributed by atoms with van der Waals surface area (Å²) in [7, 11) is 0. The third kappa shape index (κ3) is 2.82. The number of thioether (sulfide) groups is 1. The van der Waals surface area contributed by atoms with E-state index < -0.39 is 5.54 Å². The van der Waals surface area contributed by atoms with Crippen molar-refractivity contribution in [3.05, 3.63) is 0 Å². The lowest BCUT2D eigenvalue weighted by molar-refractivity contribution is -0.139. The maximum atomic E-state index is 13.5. The van der Waals surface area contributed by atoms with Crippen LogP contribution in [0.5, 0.6) is 0 Å². The van der Waals surface area contributed by atoms with Crippen molar-refractivity contribution >= 4 is 22.8 Å². The highest BCUT2D eigenvalue weighted by atomic mass is 32.2. The van der Waals surface area contributed by atoms with E-state index in [9.17, 15) is 4.79 Å². The highest BCUT2D eigenvalue weighted by Gasteiger charge is 2.57. The fraction of sp³-hybridized carbons (Fsp3) is 0.895. The Bertz CT molecular complexity index is 515. The normalized spacial score (nSPS) is 37.6. The largest absolute Gasteiger partial charge is 0.271 e. The molecule has 4 nitrogen and oxygen atoms in total. The molecule has 0 aromatic rings. The molecule has 3 aliphatic carbocycles. The number of rotatable bonds is 2. The zero-order chi connectivity index (χ0) is 16.6. The van der Waals surface area contributed by atoms with Crippen LogP contribution in [0.4, 0.5) is 0 Å². The first-order chi connectivity index (χ1) is 11.7. The molecule has 1 spiro atoms. The van der Waals surface area contributed by atoms with E-state index in [1.807, 2.05) is 5.01 Å². The summed E-state index contributed by atoms with van der Waals surface area (Å²) in [5.41, 5.74) is 3.13. The molecular formula is C19H31N3OS. The Hall–Kier alpha value is -0.550. The van der Waals surface area contributed by atoms with Crippen LogP contribution in [0.3, 0.4) is 0 Å². The van der Waals surface area contributed by atoms with Crippen molar-refractivity contribution in [2.24, 2.45) is 16.8 Å². The van der Waals surface area contributed by atoms with Gasteiger partial charge >= 0.3 is 0 Å². The molecule has 24 heavy (non-hydrogen) atoms. The number of amidine groups is 1. The Morgan fingerprint density at radius 1 is 1.04 bits per heavy atom. The molecule has 4 aliphatic rings. The molecule has 0 radical (unpaired) electrons. The highest BCUT2D eigenvalue weighted by molar-refractivity contribution is 8.13. The number of nitrogens with zero attached hydrogens (tertiary/aromatic N) is 2. The van der Waals surface area contributed by atoms with E-state index in [1.165, 1.54) is 64.2 Å². The van der Waals surface area contributed by atoms with Gasteiger partial charge in [-0.15, -0.1) is 0 Å². The monoisotopic (exact) mass is 349 g/mol. The first kappa shape index (κ1) is 16.9. The first-order valence-electron chi connectivity index (χ1n) is 9.99. The summed E-state index contributed by atoms with van der Waals surface area (Å²) >= 11 is 1.63. The van der Waals surface area contributed by atoms with Gasteiger partial charge in [-0.1, -0.05) is 56.7 Å². The van der Waals surface area contributed by atoms with E-state index in [4.69, 9.17) is 4.99 Å². The maximum Gasteiger partial charge on any atom is 0.271 e. The number of hydrazine groups is 1. The van der Waals surface area contributed by atoms with Crippen LogP contribution in [-0.2, 0) is 4.79 Å². The topological polar surface area (TPSA) is 44.7 Å². The van der Waals surface area contributed by atoms with Gasteiger partial charge in [0.15, 0.2) is 5.17 Å². The molecule has 0 aromatic heterocycles. The number of amides is 1. The van der Waals surface area contributed by atoms with Crippen LogP contribution in [0.2, 0.25) is 0 Å². The predicted molar refractivity (Wildman–Crippen MR) is 99.8 cm³/mol. The van der Waals surface area contributed by atoms with Gasteiger partial charge in [-0.2, -0.15) is 0 Å². The molecule has 1 aliphatic heterocycles. The Morgan fingerprint density at radius 3 is 2.54 bits per heavy atom. The number of hydrogen-bond donors (Lipinski definition) is 1. The molecule has 4 rings (SSSR count). The lowest BCUT2D eigenvalue weighted by Crippen LogP contribution is -2.57. The SMILES string of the molecule is CSC1=NC2(CCCC3CCCCC32)C(=O)N1NC1CCCCC1. The molecular weight excluding hydrogens is 318 g/mol. The minimum Gasteiger partial charge on any atom is -0.270 e. The summed E-state index contributed by atoms with van der Waals surface area (Å²) < 4.78 is 0. The van der Waals surface area contributed by atoms with Crippen molar-refractivity contribution in [2.45, 2.75) is 88.6 Å². The summed E-state index contributed by atoms with van der Waals surface area (Å²) in [5, 5.41) is 2.77. The van der Waals surface area contributed by atoms with Gasteiger partial charge in [-0.3, -0.25) is 4.79 Å². The quantitative estimate of drug-likeness (QED) is 0.816. The Morgan fingerprint density at radius 2 is 1.75 bits per heavy atom. The Balaban J connectivity index is 1.57. The average Bonchev–Trinajstić information content (AvgIpc) is 2.89. The predicted octanol–water partition coefficient (Wildman–Crippen LogP) is 4.11. The molecule has 1 N–H and O–H groups in total. The summed E-state index contributed by atoms with van der Waals surface area (Å²) in [6.07, 6.45) is 16.9. The van der Waals surface area contributed by atoms with E-state index in [1.54, 1.807) is 11.8 Å². The van der Waals surface area contributed by atoms with Gasteiger partial charge in [-0.25, -0.2) is 15.4 Å². The summed E-state index contributed by atoms with van der Waals surface area (Å²) in [6, 6.07) is 0.445. The van der Waals surface area contributed by atoms with Crippen LogP contribution in [0.1, 0.15) is 77.0 Å². The van der Waals surface area contributed by atoms with E-state index in [-0.39, 0.29) is 5.91 Å². The molecule has 134 valence electrons. The fourth-order valence-corrected chi connectivity index (χ4v) is 6.19. The molecule has 1 amide bonds. The van der Waals surface area contributed by atoms with E-state index in [2.05, 4.69) is 11.7 Å². The zero-order valence-corrected chi connectivity index (χ0v) is 15.7. The summed E-state index contributed by atoms with van der Waals surface area (Å²) in [5.74, 6) is 1.46. The number of carbonyl (C=O) groups excluding carboxylic acids is 1. The van der Waals surface area contributed by atoms with Gasteiger partial charge in [-0.05, 0) is 50.2 Å². The maximum absolute atomic E-state index is 13.5. The van der Waals surface area contributed by atoms with Crippen LogP contribution in [-0.4, -0.2) is 33.9 Å². The van der Waals surface area contributed by atoms with Gasteiger partial charge < -0.3 is 0 Å². The lowest BCUT2D eigenvalue weighted by Gasteiger charge is -2.45. The van der Waals surface area contributed by atoms with Crippen molar-refractivity contribution in [3.63, 3.8) is 0 Å². The van der Waals surface area contributed by atoms with Crippen molar-refractivity contribution in [1.29, 1.82) is 0 Å². The number of carbonyl (C=O) groups is 1. The molecule has 3 unspecified atom stereocenters. The first-order valence-corrected chi connectivity index (χ1v) is 11.2. The smallest absolute Gasteiger partial charge is 0.270 e. The number of fused-ring (bicyclic) bond motifs is 2. The standard InChI is InChI=1S/C19H31N3OS/c1-24-18-20-19(13-7-9-14-8-5-6-12-16(14)19)17(23)22(18)21-15-10-3-2-4-11-15/h14-16,21H,2-13H2,1H3. The number of nitrogens with one attached hydrogen (secondary N) is 1. The molecule has 5 heteroatoms. The fourth-order valence-electron chi connectivity index (χ4n) is 5.62. The van der Waals surface area contributed by atoms with E-state index in [0.717, 1.165) is 23.9 Å². The van der Waals surface area contributed by atoms with Crippen molar-refractivity contribution in [2.75, 3.05) is 6.26 Å². The number of aliphatic imine (C=N–C) groups is 1. The molecule has 3 atom stereocenters. The molecule has 0 aromatic carbocycles. The second-order valence-electron chi connectivity index (χ2n) is 8.17. The van der Waals surface area contributed by atoms with Crippen molar-refractivity contribution in [1.82, 2.24) is 10.4 Å². The molecule has 1 heterocycles. The molecule has 3 saturated carbocycles. The van der Waals surface area contributed by atoms with Gasteiger partial charge in [0, 0.05) is 6.04 Å². The number of hydrogen-bond acceptors (Lipinski definition) is 4. The Labute approximate surface area is 150 Å². The van der Waals surface area contributed by atoms with Crippen molar-refractivity contribution in [3.8, 4) is 0 Å². The van der Waals surface area contributed by atoms with Gasteiger partial charge in [0.25, 0.3) is 5.91 Å². The van der Waals surface area contributed by atoms with E-state index >= 15 is 0 Å². The van der Waals surface area contributed by atoms with Gasteiger partial charge in [0.2, 0.25) is 0 Å². The van der Waals surface area contributed by atoms with Crippen molar-refractivity contribution < 1.29 is 4.79 Å². The van der Waals surface area contributed by atoms with Crippen LogP contribution in [0.25, 0.3) is 0 Å². The Kier molecular flexibility index (Phi) is 4.92. The molecule has 0 bridgehead atoms. The van der Waals surface area contributed by atoms with Crippen LogP contribution < -0.4 is 5.43 Å². The second-order valence-corrected chi connectivity index (χ2v) is 8.94. The average molecular weight is 350 g/mol. The highest BCUT2D eigenvalue weighted by Crippen LogP contribution is 2.50. The van der Waals surface area contributed by atoms with Crippen LogP contribution in [0, 0.1) is 11.8 Å². The zero-order valence-electron chi connectivity index (χ0n) is 14.9. The minimum atomic E-state index is -0.441. The van der Waals surface area contributed by atoms with Crippen LogP contribution in [0.15, 0.2) is 4.99 Å². The van der Waals surface area contributed by atoms with E-state index in [0.29, 0.717) is 12.0 Å². The van der Waals surface area contributed by atoms with Crippen LogP contribution >= 0.6 is 11.8 Å². The van der Waals surface area contributed by atoms with Gasteiger partial charge in [0.1, 0.15) is 5.54 Å². The van der Waals surface area contributed by atoms with Gasteiger partial charge in [0.05, 0.1) is 0 Å². The minimum absolute atomic E-state index is 0.258. The lowest BCUT2D eigenvalue weighted by atomic mass is 9.61. The molecule has 0 saturated heterocycles. The third-order valence-corrected chi connectivity index (χ3v) is 7.45. The summed E-state index contributed by atoms with van der Waals surface area (Å²) in [6.45, 7) is 0.